The minimum Gasteiger partial charge on any atom is -0.245 e. The first-order chi connectivity index (χ1) is 15.0. The molecule has 4 rings (SSSR count). The summed E-state index contributed by atoms with van der Waals surface area (Å²) in [4.78, 5) is 13.4. The lowest BCUT2D eigenvalue weighted by molar-refractivity contribution is 0.581. The molecule has 9 heteroatoms. The van der Waals surface area contributed by atoms with Crippen molar-refractivity contribution in [3.05, 3.63) is 93.4 Å². The van der Waals surface area contributed by atoms with E-state index in [2.05, 4.69) is 0 Å². The Bertz CT molecular complexity index is 1540. The van der Waals surface area contributed by atoms with E-state index in [0.717, 1.165) is 0 Å². The number of nitrogens with zero attached hydrogens (tertiary/aromatic N) is 2. The topological polar surface area (TPSA) is 95.2 Å². The van der Waals surface area contributed by atoms with Crippen LogP contribution < -0.4 is 5.69 Å². The fourth-order valence-electron chi connectivity index (χ4n) is 3.73. The fraction of sp³-hybridized carbons (Fsp3) is 0.174. The summed E-state index contributed by atoms with van der Waals surface area (Å²) in [5, 5.41) is 0. The summed E-state index contributed by atoms with van der Waals surface area (Å²) in [6, 6.07) is 15.8. The average molecular weight is 471 g/mol. The van der Waals surface area contributed by atoms with Gasteiger partial charge < -0.3 is 0 Å². The Morgan fingerprint density at radius 1 is 0.594 bits per heavy atom. The highest BCUT2D eigenvalue weighted by molar-refractivity contribution is 7.91. The minimum atomic E-state index is -4.37. The van der Waals surface area contributed by atoms with Crippen molar-refractivity contribution in [3.63, 3.8) is 0 Å². The van der Waals surface area contributed by atoms with Gasteiger partial charge in [0, 0.05) is 0 Å². The number of para-hydroxylation sites is 2. The van der Waals surface area contributed by atoms with Gasteiger partial charge >= 0.3 is 5.69 Å². The van der Waals surface area contributed by atoms with E-state index in [1.54, 1.807) is 64.1 Å². The Hall–Kier alpha value is -3.17. The highest BCUT2D eigenvalue weighted by atomic mass is 32.2. The number of imidazole rings is 1. The zero-order valence-electron chi connectivity index (χ0n) is 18.0. The lowest BCUT2D eigenvalue weighted by Crippen LogP contribution is -2.33. The van der Waals surface area contributed by atoms with Crippen LogP contribution in [0.25, 0.3) is 11.0 Å². The molecule has 0 fully saturated rings. The lowest BCUT2D eigenvalue weighted by atomic mass is 10.2. The van der Waals surface area contributed by atoms with Crippen LogP contribution in [-0.2, 0) is 20.0 Å². The summed E-state index contributed by atoms with van der Waals surface area (Å²) in [6.07, 6.45) is 0. The second kappa shape index (κ2) is 7.46. The van der Waals surface area contributed by atoms with Crippen LogP contribution in [-0.4, -0.2) is 24.8 Å². The van der Waals surface area contributed by atoms with E-state index < -0.39 is 25.7 Å². The van der Waals surface area contributed by atoms with Crippen LogP contribution in [0.3, 0.4) is 0 Å². The van der Waals surface area contributed by atoms with E-state index in [-0.39, 0.29) is 20.8 Å². The standard InChI is InChI=1S/C23H22N2O5S2/c1-15-9-11-17(3)21(13-15)31(27,28)24-19-7-5-6-8-20(19)25(23(24)26)32(29,30)22-14-16(2)10-12-18(22)4/h5-14H,1-4H3. The van der Waals surface area contributed by atoms with E-state index in [1.165, 1.54) is 24.3 Å². The average Bonchev–Trinajstić information content (AvgIpc) is 3.04. The van der Waals surface area contributed by atoms with Gasteiger partial charge in [-0.2, -0.15) is 7.94 Å². The Balaban J connectivity index is 2.12. The minimum absolute atomic E-state index is 0.00714. The van der Waals surface area contributed by atoms with Crippen LogP contribution in [0.5, 0.6) is 0 Å². The van der Waals surface area contributed by atoms with Gasteiger partial charge in [-0.05, 0) is 74.2 Å². The molecule has 166 valence electrons. The second-order valence-electron chi connectivity index (χ2n) is 7.85. The van der Waals surface area contributed by atoms with Gasteiger partial charge in [0.2, 0.25) is 0 Å². The third-order valence-electron chi connectivity index (χ3n) is 5.39. The third kappa shape index (κ3) is 3.28. The predicted octanol–water partition coefficient (Wildman–Crippen LogP) is 3.51. The number of rotatable bonds is 4. The van der Waals surface area contributed by atoms with E-state index in [4.69, 9.17) is 0 Å². The van der Waals surface area contributed by atoms with Crippen molar-refractivity contribution in [2.45, 2.75) is 37.5 Å². The first-order valence-corrected chi connectivity index (χ1v) is 12.7. The molecule has 0 spiro atoms. The Morgan fingerprint density at radius 2 is 0.969 bits per heavy atom. The van der Waals surface area contributed by atoms with Crippen LogP contribution in [0.4, 0.5) is 0 Å². The van der Waals surface area contributed by atoms with Crippen molar-refractivity contribution >= 4 is 31.1 Å². The highest BCUT2D eigenvalue weighted by Crippen LogP contribution is 2.26. The van der Waals surface area contributed by atoms with E-state index in [9.17, 15) is 21.6 Å². The molecule has 0 bridgehead atoms. The van der Waals surface area contributed by atoms with Crippen LogP contribution in [0.2, 0.25) is 0 Å². The van der Waals surface area contributed by atoms with Gasteiger partial charge in [0.1, 0.15) is 0 Å². The van der Waals surface area contributed by atoms with Crippen molar-refractivity contribution in [3.8, 4) is 0 Å². The van der Waals surface area contributed by atoms with Gasteiger partial charge in [-0.1, -0.05) is 36.4 Å². The molecule has 0 N–H and O–H groups in total. The van der Waals surface area contributed by atoms with Gasteiger partial charge in [0.05, 0.1) is 20.8 Å². The molecule has 0 amide bonds. The van der Waals surface area contributed by atoms with Crippen LogP contribution in [0.1, 0.15) is 22.3 Å². The van der Waals surface area contributed by atoms with E-state index >= 15 is 0 Å². The molecular formula is C23H22N2O5S2. The van der Waals surface area contributed by atoms with E-state index in [0.29, 0.717) is 30.2 Å². The van der Waals surface area contributed by atoms with Gasteiger partial charge in [-0.25, -0.2) is 21.6 Å². The molecular weight excluding hydrogens is 448 g/mol. The molecule has 1 heterocycles. The fourth-order valence-corrected chi connectivity index (χ4v) is 7.19. The molecule has 4 aromatic rings. The number of fused-ring (bicyclic) bond motifs is 1. The molecule has 0 saturated heterocycles. The Morgan fingerprint density at radius 3 is 1.34 bits per heavy atom. The molecule has 1 aromatic heterocycles. The van der Waals surface area contributed by atoms with Crippen molar-refractivity contribution in [1.82, 2.24) is 7.94 Å². The predicted molar refractivity (Wildman–Crippen MR) is 123 cm³/mol. The number of aryl methyl sites for hydroxylation is 4. The maximum absolute atomic E-state index is 13.6. The monoisotopic (exact) mass is 470 g/mol. The molecule has 7 nitrogen and oxygen atoms in total. The summed E-state index contributed by atoms with van der Waals surface area (Å²) in [6.45, 7) is 6.75. The molecule has 3 aromatic carbocycles. The third-order valence-corrected chi connectivity index (χ3v) is 9.05. The normalized spacial score (nSPS) is 12.4. The van der Waals surface area contributed by atoms with Crippen molar-refractivity contribution in [2.75, 3.05) is 0 Å². The van der Waals surface area contributed by atoms with Crippen LogP contribution in [0, 0.1) is 27.7 Å². The van der Waals surface area contributed by atoms with Gasteiger partial charge in [0.15, 0.2) is 0 Å². The first kappa shape index (κ1) is 22.0. The van der Waals surface area contributed by atoms with Crippen molar-refractivity contribution in [1.29, 1.82) is 0 Å². The smallest absolute Gasteiger partial charge is 0.245 e. The quantitative estimate of drug-likeness (QED) is 0.455. The zero-order valence-corrected chi connectivity index (χ0v) is 19.7. The molecule has 32 heavy (non-hydrogen) atoms. The first-order valence-electron chi connectivity index (χ1n) is 9.84. The largest absolute Gasteiger partial charge is 0.357 e. The number of hydrogen-bond acceptors (Lipinski definition) is 5. The summed E-state index contributed by atoms with van der Waals surface area (Å²) in [7, 11) is -8.74. The van der Waals surface area contributed by atoms with Crippen molar-refractivity contribution < 1.29 is 16.8 Å². The molecule has 0 atom stereocenters. The van der Waals surface area contributed by atoms with Crippen LogP contribution >= 0.6 is 0 Å². The highest BCUT2D eigenvalue weighted by Gasteiger charge is 2.32. The number of benzene rings is 3. The zero-order chi connectivity index (χ0) is 23.4. The van der Waals surface area contributed by atoms with Crippen LogP contribution in [0.15, 0.2) is 75.2 Å². The van der Waals surface area contributed by atoms with Gasteiger partial charge in [-0.3, -0.25) is 0 Å². The second-order valence-corrected chi connectivity index (χ2v) is 11.4. The summed E-state index contributed by atoms with van der Waals surface area (Å²) in [5.41, 5.74) is 1.14. The summed E-state index contributed by atoms with van der Waals surface area (Å²) in [5.74, 6) is 0. The van der Waals surface area contributed by atoms with E-state index in [1.807, 2.05) is 0 Å². The summed E-state index contributed by atoms with van der Waals surface area (Å²) < 4.78 is 55.5. The Kier molecular flexibility index (Phi) is 5.14. The molecule has 0 unspecified atom stereocenters. The van der Waals surface area contributed by atoms with Crippen molar-refractivity contribution in [2.24, 2.45) is 0 Å². The molecule has 0 aliphatic heterocycles. The Labute approximate surface area is 186 Å². The molecule has 0 saturated carbocycles. The number of hydrogen-bond donors (Lipinski definition) is 0. The maximum atomic E-state index is 13.6. The number of aromatic nitrogens is 2. The maximum Gasteiger partial charge on any atom is 0.357 e. The molecule has 0 aliphatic rings. The molecule has 0 radical (unpaired) electrons. The summed E-state index contributed by atoms with van der Waals surface area (Å²) >= 11 is 0. The lowest BCUT2D eigenvalue weighted by Gasteiger charge is -2.10. The van der Waals surface area contributed by atoms with Gasteiger partial charge in [-0.15, -0.1) is 0 Å². The molecule has 0 aliphatic carbocycles. The van der Waals surface area contributed by atoms with Gasteiger partial charge in [0.25, 0.3) is 20.0 Å². The SMILES string of the molecule is Cc1ccc(C)c(S(=O)(=O)n2c(=O)n(S(=O)(=O)c3cc(C)ccc3C)c3ccccc32)c1.